The fourth-order valence-electron chi connectivity index (χ4n) is 3.61. The number of amides is 2. The molecule has 1 aliphatic rings. The lowest BCUT2D eigenvalue weighted by Crippen LogP contribution is -2.23. The summed E-state index contributed by atoms with van der Waals surface area (Å²) in [5, 5.41) is 2.89. The van der Waals surface area contributed by atoms with Gasteiger partial charge in [0.2, 0.25) is 0 Å². The summed E-state index contributed by atoms with van der Waals surface area (Å²) in [5.74, 6) is -0.242. The Labute approximate surface area is 205 Å². The maximum absolute atomic E-state index is 12.7. The van der Waals surface area contributed by atoms with Crippen LogP contribution in [0.4, 0.5) is 16.2 Å². The number of hydrogen-bond donors (Lipinski definition) is 2. The molecule has 6 nitrogen and oxygen atoms in total. The molecule has 4 aromatic carbocycles. The normalized spacial score (nSPS) is 12.3. The van der Waals surface area contributed by atoms with Crippen LogP contribution in [0.2, 0.25) is 0 Å². The number of rotatable bonds is 5. The first kappa shape index (κ1) is 23.6. The summed E-state index contributed by atoms with van der Waals surface area (Å²) in [6, 6.07) is 34.6. The number of nitrogens with one attached hydrogen (secondary N) is 1. The summed E-state index contributed by atoms with van der Waals surface area (Å²) in [4.78, 5) is 25.8. The maximum Gasteiger partial charge on any atom is 0.410 e. The molecule has 1 heterocycles. The summed E-state index contributed by atoms with van der Waals surface area (Å²) >= 11 is 0. The van der Waals surface area contributed by atoms with Gasteiger partial charge in [0.25, 0.3) is 5.91 Å². The van der Waals surface area contributed by atoms with Gasteiger partial charge in [-0.1, -0.05) is 84.9 Å². The van der Waals surface area contributed by atoms with E-state index in [0.29, 0.717) is 36.6 Å². The van der Waals surface area contributed by atoms with Crippen molar-refractivity contribution < 1.29 is 14.3 Å². The number of carbonyl (C=O) groups is 2. The number of nitrogens with two attached hydrogens (primary N) is 1. The number of nitrogen functional groups attached to an aromatic ring is 1. The summed E-state index contributed by atoms with van der Waals surface area (Å²) in [6.45, 7) is 1.47. The Bertz CT molecular complexity index is 1230. The van der Waals surface area contributed by atoms with Crippen LogP contribution in [0.25, 0.3) is 11.1 Å². The molecule has 1 aliphatic heterocycles. The lowest BCUT2D eigenvalue weighted by atomic mass is 10.0. The van der Waals surface area contributed by atoms with Gasteiger partial charge in [0.05, 0.1) is 17.9 Å². The SMILES string of the molecule is Nc1ccc(-c2ccccc2)cc1NC(=O)c1ccc(CN2CCOC2=O)cc1.c1ccccc1. The molecule has 0 atom stereocenters. The molecule has 0 radical (unpaired) electrons. The molecule has 2 amide bonds. The smallest absolute Gasteiger partial charge is 0.410 e. The van der Waals surface area contributed by atoms with E-state index in [2.05, 4.69) is 5.32 Å². The van der Waals surface area contributed by atoms with Crippen molar-refractivity contribution in [3.8, 4) is 11.1 Å². The van der Waals surface area contributed by atoms with E-state index >= 15 is 0 Å². The van der Waals surface area contributed by atoms with Gasteiger partial charge >= 0.3 is 6.09 Å². The third-order valence-corrected chi connectivity index (χ3v) is 5.51. The second kappa shape index (κ2) is 11.5. The molecule has 0 unspecified atom stereocenters. The Morgan fingerprint density at radius 1 is 0.829 bits per heavy atom. The van der Waals surface area contributed by atoms with Crippen molar-refractivity contribution in [2.24, 2.45) is 0 Å². The molecule has 1 saturated heterocycles. The lowest BCUT2D eigenvalue weighted by molar-refractivity contribution is 0.102. The van der Waals surface area contributed by atoms with Crippen LogP contribution in [-0.2, 0) is 11.3 Å². The van der Waals surface area contributed by atoms with Crippen molar-refractivity contribution in [2.45, 2.75) is 6.54 Å². The number of nitrogens with zero attached hydrogens (tertiary/aromatic N) is 1. The Morgan fingerprint density at radius 3 is 2.06 bits per heavy atom. The largest absolute Gasteiger partial charge is 0.448 e. The van der Waals surface area contributed by atoms with E-state index in [1.54, 1.807) is 23.1 Å². The molecule has 0 aliphatic carbocycles. The number of cyclic esters (lactones) is 1. The highest BCUT2D eigenvalue weighted by Crippen LogP contribution is 2.27. The van der Waals surface area contributed by atoms with Crippen LogP contribution in [0.1, 0.15) is 15.9 Å². The number of carbonyl (C=O) groups excluding carboxylic acids is 2. The molecular weight excluding hydrogens is 438 g/mol. The van der Waals surface area contributed by atoms with Crippen molar-refractivity contribution in [1.82, 2.24) is 4.90 Å². The predicted octanol–water partition coefficient (Wildman–Crippen LogP) is 5.83. The van der Waals surface area contributed by atoms with E-state index in [1.807, 2.05) is 91.0 Å². The maximum atomic E-state index is 12.7. The molecular formula is C29H27N3O3. The quantitative estimate of drug-likeness (QED) is 0.363. The molecule has 5 rings (SSSR count). The van der Waals surface area contributed by atoms with E-state index in [1.165, 1.54) is 0 Å². The molecule has 35 heavy (non-hydrogen) atoms. The summed E-state index contributed by atoms with van der Waals surface area (Å²) in [6.07, 6.45) is -0.305. The third kappa shape index (κ3) is 6.48. The highest BCUT2D eigenvalue weighted by molar-refractivity contribution is 6.06. The summed E-state index contributed by atoms with van der Waals surface area (Å²) in [5.41, 5.74) is 10.6. The van der Waals surface area contributed by atoms with Crippen molar-refractivity contribution in [2.75, 3.05) is 24.2 Å². The Balaban J connectivity index is 0.000000421. The van der Waals surface area contributed by atoms with Crippen LogP contribution < -0.4 is 11.1 Å². The highest BCUT2D eigenvalue weighted by atomic mass is 16.6. The van der Waals surface area contributed by atoms with Gasteiger partial charge in [0, 0.05) is 12.1 Å². The van der Waals surface area contributed by atoms with Crippen molar-refractivity contribution in [3.63, 3.8) is 0 Å². The summed E-state index contributed by atoms with van der Waals surface area (Å²) < 4.78 is 4.93. The Hall–Kier alpha value is -4.58. The van der Waals surface area contributed by atoms with E-state index in [0.717, 1.165) is 16.7 Å². The van der Waals surface area contributed by atoms with E-state index in [9.17, 15) is 9.59 Å². The van der Waals surface area contributed by atoms with Gasteiger partial charge in [-0.2, -0.15) is 0 Å². The average molecular weight is 466 g/mol. The topological polar surface area (TPSA) is 84.7 Å². The first-order valence-corrected chi connectivity index (χ1v) is 11.4. The van der Waals surface area contributed by atoms with Crippen molar-refractivity contribution >= 4 is 23.4 Å². The highest BCUT2D eigenvalue weighted by Gasteiger charge is 2.21. The van der Waals surface area contributed by atoms with Crippen LogP contribution >= 0.6 is 0 Å². The van der Waals surface area contributed by atoms with Crippen LogP contribution in [-0.4, -0.2) is 30.1 Å². The standard InChI is InChI=1S/C23H21N3O3.C6H6/c24-20-11-10-19(17-4-2-1-3-5-17)14-21(20)25-22(27)18-8-6-16(7-9-18)15-26-12-13-29-23(26)28;1-2-4-6-5-3-1/h1-11,14H,12-13,15,24H2,(H,25,27);1-6H. The van der Waals surface area contributed by atoms with Crippen molar-refractivity contribution in [3.05, 3.63) is 120 Å². The van der Waals surface area contributed by atoms with Crippen LogP contribution in [0, 0.1) is 0 Å². The van der Waals surface area contributed by atoms with Gasteiger partial charge in [-0.15, -0.1) is 0 Å². The van der Waals surface area contributed by atoms with Gasteiger partial charge in [-0.3, -0.25) is 4.79 Å². The molecule has 0 aromatic heterocycles. The van der Waals surface area contributed by atoms with Crippen LogP contribution in [0.5, 0.6) is 0 Å². The minimum absolute atomic E-state index is 0.242. The molecule has 4 aromatic rings. The molecule has 0 bridgehead atoms. The molecule has 176 valence electrons. The second-order valence-corrected chi connectivity index (χ2v) is 8.01. The van der Waals surface area contributed by atoms with Gasteiger partial charge in [-0.05, 0) is 41.0 Å². The van der Waals surface area contributed by atoms with Crippen molar-refractivity contribution in [1.29, 1.82) is 0 Å². The number of ether oxygens (including phenoxy) is 1. The molecule has 1 fully saturated rings. The van der Waals surface area contributed by atoms with Gasteiger partial charge in [0.1, 0.15) is 6.61 Å². The van der Waals surface area contributed by atoms with Crippen LogP contribution in [0.15, 0.2) is 109 Å². The fourth-order valence-corrected chi connectivity index (χ4v) is 3.61. The molecule has 3 N–H and O–H groups in total. The fraction of sp³-hybridized carbons (Fsp3) is 0.103. The first-order chi connectivity index (χ1) is 17.1. The second-order valence-electron chi connectivity index (χ2n) is 8.01. The zero-order chi connectivity index (χ0) is 24.5. The lowest BCUT2D eigenvalue weighted by Gasteiger charge is -2.13. The molecule has 6 heteroatoms. The van der Waals surface area contributed by atoms with Gasteiger partial charge in [-0.25, -0.2) is 4.79 Å². The molecule has 0 spiro atoms. The Kier molecular flexibility index (Phi) is 7.76. The van der Waals surface area contributed by atoms with Gasteiger partial charge < -0.3 is 20.7 Å². The average Bonchev–Trinajstić information content (AvgIpc) is 3.31. The van der Waals surface area contributed by atoms with E-state index in [-0.39, 0.29) is 12.0 Å². The zero-order valence-electron chi connectivity index (χ0n) is 19.3. The minimum atomic E-state index is -0.305. The minimum Gasteiger partial charge on any atom is -0.448 e. The number of hydrogen-bond acceptors (Lipinski definition) is 4. The van der Waals surface area contributed by atoms with Crippen LogP contribution in [0.3, 0.4) is 0 Å². The predicted molar refractivity (Wildman–Crippen MR) is 139 cm³/mol. The van der Waals surface area contributed by atoms with E-state index in [4.69, 9.17) is 10.5 Å². The number of anilines is 2. The third-order valence-electron chi connectivity index (χ3n) is 5.51. The van der Waals surface area contributed by atoms with E-state index < -0.39 is 0 Å². The summed E-state index contributed by atoms with van der Waals surface area (Å²) in [7, 11) is 0. The van der Waals surface area contributed by atoms with Gasteiger partial charge in [0.15, 0.2) is 0 Å². The molecule has 0 saturated carbocycles. The Morgan fingerprint density at radius 2 is 1.46 bits per heavy atom. The number of benzene rings is 4. The zero-order valence-corrected chi connectivity index (χ0v) is 19.3. The first-order valence-electron chi connectivity index (χ1n) is 11.4. The monoisotopic (exact) mass is 465 g/mol.